The van der Waals surface area contributed by atoms with Crippen molar-refractivity contribution in [3.05, 3.63) is 65.7 Å². The maximum Gasteiger partial charge on any atom is 0.315 e. The van der Waals surface area contributed by atoms with Crippen LogP contribution >= 0.6 is 0 Å². The van der Waals surface area contributed by atoms with Crippen molar-refractivity contribution in [2.24, 2.45) is 0 Å². The molecule has 4 nitrogen and oxygen atoms in total. The molecule has 0 spiro atoms. The molecule has 0 saturated heterocycles. The lowest BCUT2D eigenvalue weighted by Crippen LogP contribution is -2.47. The Labute approximate surface area is 137 Å². The third-order valence-corrected chi connectivity index (χ3v) is 3.88. The molecule has 23 heavy (non-hydrogen) atoms. The lowest BCUT2D eigenvalue weighted by atomic mass is 9.94. The van der Waals surface area contributed by atoms with Gasteiger partial charge in [-0.15, -0.1) is 0 Å². The number of ether oxygens (including phenoxy) is 1. The van der Waals surface area contributed by atoms with Crippen LogP contribution in [0.5, 0.6) is 5.75 Å². The van der Waals surface area contributed by atoms with Gasteiger partial charge >= 0.3 is 6.03 Å². The van der Waals surface area contributed by atoms with Gasteiger partial charge in [-0.05, 0) is 44.0 Å². The molecule has 0 fully saturated rings. The van der Waals surface area contributed by atoms with Gasteiger partial charge in [0.2, 0.25) is 0 Å². The highest BCUT2D eigenvalue weighted by Gasteiger charge is 2.23. The van der Waals surface area contributed by atoms with Crippen LogP contribution in [0.15, 0.2) is 54.6 Å². The number of carbonyl (C=O) groups is 1. The molecular formula is C19H24N2O2. The molecule has 4 heteroatoms. The van der Waals surface area contributed by atoms with Crippen molar-refractivity contribution in [3.63, 3.8) is 0 Å². The number of hydrogen-bond donors (Lipinski definition) is 2. The largest absolute Gasteiger partial charge is 0.497 e. The number of rotatable bonds is 5. The van der Waals surface area contributed by atoms with Crippen LogP contribution in [0.25, 0.3) is 0 Å². The van der Waals surface area contributed by atoms with Crippen molar-refractivity contribution in [2.45, 2.75) is 32.4 Å². The molecule has 2 rings (SSSR count). The van der Waals surface area contributed by atoms with Gasteiger partial charge < -0.3 is 15.4 Å². The fraction of sp³-hybridized carbons (Fsp3) is 0.316. The molecule has 0 heterocycles. The monoisotopic (exact) mass is 312 g/mol. The van der Waals surface area contributed by atoms with E-state index in [0.717, 1.165) is 16.9 Å². The van der Waals surface area contributed by atoms with Crippen molar-refractivity contribution in [2.75, 3.05) is 7.11 Å². The van der Waals surface area contributed by atoms with E-state index in [0.29, 0.717) is 0 Å². The maximum absolute atomic E-state index is 12.3. The minimum absolute atomic E-state index is 0.0529. The summed E-state index contributed by atoms with van der Waals surface area (Å²) in [6.07, 6.45) is 0. The van der Waals surface area contributed by atoms with Crippen LogP contribution < -0.4 is 15.4 Å². The molecule has 0 saturated carbocycles. The van der Waals surface area contributed by atoms with Gasteiger partial charge in [-0.25, -0.2) is 4.79 Å². The normalized spacial score (nSPS) is 12.3. The van der Waals surface area contributed by atoms with Gasteiger partial charge in [0.15, 0.2) is 0 Å². The Morgan fingerprint density at radius 3 is 2.22 bits per heavy atom. The molecule has 1 atom stereocenters. The Balaban J connectivity index is 2.00. The molecule has 2 N–H and O–H groups in total. The van der Waals surface area contributed by atoms with Crippen molar-refractivity contribution in [3.8, 4) is 5.75 Å². The molecule has 122 valence electrons. The molecule has 0 aliphatic carbocycles. The second-order valence-corrected chi connectivity index (χ2v) is 6.08. The molecule has 0 aliphatic rings. The highest BCUT2D eigenvalue weighted by Crippen LogP contribution is 2.22. The van der Waals surface area contributed by atoms with Gasteiger partial charge in [-0.2, -0.15) is 0 Å². The van der Waals surface area contributed by atoms with Crippen LogP contribution in [-0.2, 0) is 5.54 Å². The molecule has 0 aliphatic heterocycles. The fourth-order valence-corrected chi connectivity index (χ4v) is 2.42. The van der Waals surface area contributed by atoms with Gasteiger partial charge in [0.1, 0.15) is 5.75 Å². The first-order valence-electron chi connectivity index (χ1n) is 7.70. The van der Waals surface area contributed by atoms with E-state index in [1.807, 2.05) is 75.4 Å². The molecule has 0 aromatic heterocycles. The predicted molar refractivity (Wildman–Crippen MR) is 92.5 cm³/mol. The first-order chi connectivity index (χ1) is 10.9. The van der Waals surface area contributed by atoms with Crippen LogP contribution in [0.3, 0.4) is 0 Å². The van der Waals surface area contributed by atoms with Crippen LogP contribution in [0.2, 0.25) is 0 Å². The average molecular weight is 312 g/mol. The SMILES string of the molecule is COc1ccc(C(C)(C)NC(=O)NC(C)c2ccccc2)cc1. The Hall–Kier alpha value is -2.49. The van der Waals surface area contributed by atoms with Gasteiger partial charge in [-0.3, -0.25) is 0 Å². The summed E-state index contributed by atoms with van der Waals surface area (Å²) in [6.45, 7) is 5.92. The van der Waals surface area contributed by atoms with Gasteiger partial charge in [-0.1, -0.05) is 42.5 Å². The third kappa shape index (κ3) is 4.49. The highest BCUT2D eigenvalue weighted by molar-refractivity contribution is 5.75. The van der Waals surface area contributed by atoms with E-state index in [4.69, 9.17) is 4.74 Å². The lowest BCUT2D eigenvalue weighted by Gasteiger charge is -2.28. The van der Waals surface area contributed by atoms with Gasteiger partial charge in [0.25, 0.3) is 0 Å². The first kappa shape index (κ1) is 16.9. The first-order valence-corrected chi connectivity index (χ1v) is 7.70. The Morgan fingerprint density at radius 1 is 1.04 bits per heavy atom. The van der Waals surface area contributed by atoms with Crippen LogP contribution in [-0.4, -0.2) is 13.1 Å². The molecule has 2 aromatic carbocycles. The second kappa shape index (κ2) is 7.18. The van der Waals surface area contributed by atoms with Gasteiger partial charge in [0.05, 0.1) is 18.7 Å². The zero-order chi connectivity index (χ0) is 16.9. The van der Waals surface area contributed by atoms with E-state index in [1.54, 1.807) is 7.11 Å². The summed E-state index contributed by atoms with van der Waals surface area (Å²) in [5, 5.41) is 5.99. The second-order valence-electron chi connectivity index (χ2n) is 6.08. The quantitative estimate of drug-likeness (QED) is 0.877. The smallest absolute Gasteiger partial charge is 0.315 e. The van der Waals surface area contributed by atoms with E-state index in [-0.39, 0.29) is 12.1 Å². The van der Waals surface area contributed by atoms with E-state index < -0.39 is 5.54 Å². The molecule has 0 bridgehead atoms. The molecular weight excluding hydrogens is 288 g/mol. The number of nitrogens with one attached hydrogen (secondary N) is 2. The highest BCUT2D eigenvalue weighted by atomic mass is 16.5. The number of urea groups is 1. The number of carbonyl (C=O) groups excluding carboxylic acids is 1. The minimum Gasteiger partial charge on any atom is -0.497 e. The summed E-state index contributed by atoms with van der Waals surface area (Å²) in [7, 11) is 1.64. The number of amides is 2. The summed E-state index contributed by atoms with van der Waals surface area (Å²) in [6, 6.07) is 17.3. The third-order valence-electron chi connectivity index (χ3n) is 3.88. The number of hydrogen-bond acceptors (Lipinski definition) is 2. The minimum atomic E-state index is -0.479. The summed E-state index contributed by atoms with van der Waals surface area (Å²) in [5.41, 5.74) is 1.61. The standard InChI is InChI=1S/C19H24N2O2/c1-14(15-8-6-5-7-9-15)20-18(22)21-19(2,3)16-10-12-17(23-4)13-11-16/h5-14H,1-4H3,(H2,20,21,22). The van der Waals surface area contributed by atoms with Crippen molar-refractivity contribution in [1.82, 2.24) is 10.6 Å². The fourth-order valence-electron chi connectivity index (χ4n) is 2.42. The van der Waals surface area contributed by atoms with E-state index in [9.17, 15) is 4.79 Å². The number of methoxy groups -OCH3 is 1. The molecule has 2 aromatic rings. The molecule has 2 amide bonds. The van der Waals surface area contributed by atoms with Crippen molar-refractivity contribution >= 4 is 6.03 Å². The van der Waals surface area contributed by atoms with Crippen molar-refractivity contribution < 1.29 is 9.53 Å². The maximum atomic E-state index is 12.3. The zero-order valence-corrected chi connectivity index (χ0v) is 14.1. The Bertz CT molecular complexity index is 636. The summed E-state index contributed by atoms with van der Waals surface area (Å²) < 4.78 is 5.16. The van der Waals surface area contributed by atoms with Crippen LogP contribution in [0.4, 0.5) is 4.79 Å². The predicted octanol–water partition coefficient (Wildman–Crippen LogP) is 3.99. The Morgan fingerprint density at radius 2 is 1.65 bits per heavy atom. The summed E-state index contributed by atoms with van der Waals surface area (Å²) in [4.78, 5) is 12.3. The topological polar surface area (TPSA) is 50.4 Å². The summed E-state index contributed by atoms with van der Waals surface area (Å²) in [5.74, 6) is 0.798. The lowest BCUT2D eigenvalue weighted by molar-refractivity contribution is 0.227. The molecule has 0 radical (unpaired) electrons. The average Bonchev–Trinajstić information content (AvgIpc) is 2.55. The Kier molecular flexibility index (Phi) is 5.27. The van der Waals surface area contributed by atoms with Crippen LogP contribution in [0, 0.1) is 0 Å². The van der Waals surface area contributed by atoms with E-state index in [1.165, 1.54) is 0 Å². The van der Waals surface area contributed by atoms with E-state index >= 15 is 0 Å². The molecule has 1 unspecified atom stereocenters. The van der Waals surface area contributed by atoms with Crippen LogP contribution in [0.1, 0.15) is 37.9 Å². The van der Waals surface area contributed by atoms with Crippen molar-refractivity contribution in [1.29, 1.82) is 0 Å². The van der Waals surface area contributed by atoms with E-state index in [2.05, 4.69) is 10.6 Å². The van der Waals surface area contributed by atoms with Gasteiger partial charge in [0, 0.05) is 0 Å². The summed E-state index contributed by atoms with van der Waals surface area (Å²) >= 11 is 0. The number of benzene rings is 2. The zero-order valence-electron chi connectivity index (χ0n) is 14.1.